The molecule has 1 saturated carbocycles. The van der Waals surface area contributed by atoms with Crippen molar-refractivity contribution in [2.24, 2.45) is 5.73 Å². The molecule has 0 radical (unpaired) electrons. The van der Waals surface area contributed by atoms with Gasteiger partial charge in [-0.15, -0.1) is 0 Å². The van der Waals surface area contributed by atoms with Crippen LogP contribution in [0, 0.1) is 0 Å². The summed E-state index contributed by atoms with van der Waals surface area (Å²) in [5.74, 6) is 0.330. The molecule has 19 heavy (non-hydrogen) atoms. The lowest BCUT2D eigenvalue weighted by atomic mass is 9.98. The maximum Gasteiger partial charge on any atom is 0.220 e. The summed E-state index contributed by atoms with van der Waals surface area (Å²) in [5.41, 5.74) is 6.77. The smallest absolute Gasteiger partial charge is 0.220 e. The Labute approximate surface area is 114 Å². The average molecular weight is 261 g/mol. The zero-order valence-corrected chi connectivity index (χ0v) is 11.3. The minimum atomic E-state index is 0.154. The van der Waals surface area contributed by atoms with E-state index in [0.29, 0.717) is 19.0 Å². The zero-order chi connectivity index (χ0) is 13.5. The molecule has 1 atom stereocenters. The monoisotopic (exact) mass is 261 g/mol. The molecule has 0 saturated heterocycles. The van der Waals surface area contributed by atoms with Crippen molar-refractivity contribution >= 4 is 5.91 Å². The molecule has 0 aromatic carbocycles. The van der Waals surface area contributed by atoms with Crippen LogP contribution in [0.4, 0.5) is 0 Å². The van der Waals surface area contributed by atoms with Crippen molar-refractivity contribution in [3.8, 4) is 0 Å². The molecule has 1 unspecified atom stereocenters. The number of amides is 1. The van der Waals surface area contributed by atoms with Gasteiger partial charge >= 0.3 is 0 Å². The van der Waals surface area contributed by atoms with Gasteiger partial charge < -0.3 is 11.1 Å². The topological polar surface area (TPSA) is 68.0 Å². The molecular formula is C15H23N3O. The Balaban J connectivity index is 1.78. The van der Waals surface area contributed by atoms with E-state index in [1.54, 1.807) is 6.20 Å². The van der Waals surface area contributed by atoms with E-state index in [1.165, 1.54) is 12.8 Å². The predicted octanol–water partition coefficient (Wildman–Crippen LogP) is 1.96. The molecule has 0 bridgehead atoms. The van der Waals surface area contributed by atoms with Crippen molar-refractivity contribution in [3.63, 3.8) is 0 Å². The quantitative estimate of drug-likeness (QED) is 0.822. The van der Waals surface area contributed by atoms with Gasteiger partial charge in [0.1, 0.15) is 0 Å². The van der Waals surface area contributed by atoms with E-state index in [0.717, 1.165) is 25.0 Å². The molecule has 4 nitrogen and oxygen atoms in total. The van der Waals surface area contributed by atoms with Gasteiger partial charge in [0.25, 0.3) is 0 Å². The van der Waals surface area contributed by atoms with Crippen molar-refractivity contribution in [2.45, 2.75) is 50.5 Å². The molecule has 104 valence electrons. The molecule has 3 N–H and O–H groups in total. The maximum atomic E-state index is 11.9. The van der Waals surface area contributed by atoms with Crippen LogP contribution in [0.15, 0.2) is 24.4 Å². The third kappa shape index (κ3) is 4.31. The first-order chi connectivity index (χ1) is 9.29. The van der Waals surface area contributed by atoms with Crippen LogP contribution in [-0.2, 0) is 4.79 Å². The normalized spacial score (nSPS) is 17.3. The minimum Gasteiger partial charge on any atom is -0.353 e. The summed E-state index contributed by atoms with van der Waals surface area (Å²) >= 11 is 0. The van der Waals surface area contributed by atoms with Crippen molar-refractivity contribution in [3.05, 3.63) is 30.1 Å². The first kappa shape index (κ1) is 14.0. The summed E-state index contributed by atoms with van der Waals surface area (Å²) in [4.78, 5) is 16.2. The fourth-order valence-corrected chi connectivity index (χ4v) is 2.68. The Hall–Kier alpha value is -1.42. The minimum absolute atomic E-state index is 0.154. The Bertz CT molecular complexity index is 388. The van der Waals surface area contributed by atoms with Crippen molar-refractivity contribution in [2.75, 3.05) is 6.54 Å². The van der Waals surface area contributed by atoms with Crippen LogP contribution < -0.4 is 11.1 Å². The number of nitrogens with zero attached hydrogens (tertiary/aromatic N) is 1. The Morgan fingerprint density at radius 3 is 2.84 bits per heavy atom. The Morgan fingerprint density at radius 2 is 2.21 bits per heavy atom. The van der Waals surface area contributed by atoms with E-state index in [-0.39, 0.29) is 11.8 Å². The highest BCUT2D eigenvalue weighted by molar-refractivity contribution is 5.76. The van der Waals surface area contributed by atoms with Gasteiger partial charge in [0, 0.05) is 36.8 Å². The first-order valence-electron chi connectivity index (χ1n) is 7.20. The number of nitrogens with one attached hydrogen (secondary N) is 1. The summed E-state index contributed by atoms with van der Waals surface area (Å²) in [6.45, 7) is 0.535. The van der Waals surface area contributed by atoms with Crippen molar-refractivity contribution in [1.82, 2.24) is 10.3 Å². The molecular weight excluding hydrogens is 238 g/mol. The molecule has 1 heterocycles. The number of hydrogen-bond donors (Lipinski definition) is 2. The molecule has 1 amide bonds. The largest absolute Gasteiger partial charge is 0.353 e. The van der Waals surface area contributed by atoms with Gasteiger partial charge in [0.05, 0.1) is 0 Å². The summed E-state index contributed by atoms with van der Waals surface area (Å²) in [5, 5.41) is 3.11. The van der Waals surface area contributed by atoms with Crippen molar-refractivity contribution in [1.29, 1.82) is 0 Å². The van der Waals surface area contributed by atoms with E-state index in [1.807, 2.05) is 18.2 Å². The second-order valence-electron chi connectivity index (χ2n) is 5.27. The highest BCUT2D eigenvalue weighted by atomic mass is 16.1. The molecule has 4 heteroatoms. The lowest BCUT2D eigenvalue weighted by molar-refractivity contribution is -0.121. The van der Waals surface area contributed by atoms with Crippen LogP contribution >= 0.6 is 0 Å². The summed E-state index contributed by atoms with van der Waals surface area (Å²) in [6.07, 6.45) is 7.82. The highest BCUT2D eigenvalue weighted by Gasteiger charge is 2.18. The fourth-order valence-electron chi connectivity index (χ4n) is 2.68. The number of rotatable bonds is 6. The number of carbonyl (C=O) groups is 1. The molecule has 1 aliphatic carbocycles. The molecule has 2 rings (SSSR count). The standard InChI is InChI=1S/C15H23N3O/c16-11-12(14-7-3-4-10-17-14)8-9-15(19)18-13-5-1-2-6-13/h3-4,7,10,12-13H,1-2,5-6,8-9,11,16H2,(H,18,19). The molecule has 0 aliphatic heterocycles. The molecule has 1 aromatic heterocycles. The number of hydrogen-bond acceptors (Lipinski definition) is 3. The van der Waals surface area contributed by atoms with E-state index in [9.17, 15) is 4.79 Å². The van der Waals surface area contributed by atoms with Crippen molar-refractivity contribution < 1.29 is 4.79 Å². The lowest BCUT2D eigenvalue weighted by Gasteiger charge is -2.15. The molecule has 1 aliphatic rings. The summed E-state index contributed by atoms with van der Waals surface area (Å²) < 4.78 is 0. The SMILES string of the molecule is NCC(CCC(=O)NC1CCCC1)c1ccccn1. The lowest BCUT2D eigenvalue weighted by Crippen LogP contribution is -2.32. The second kappa shape index (κ2) is 7.24. The van der Waals surface area contributed by atoms with Crippen LogP contribution in [0.3, 0.4) is 0 Å². The van der Waals surface area contributed by atoms with Crippen LogP contribution in [-0.4, -0.2) is 23.5 Å². The number of aromatic nitrogens is 1. The van der Waals surface area contributed by atoms with Gasteiger partial charge in [-0.05, 0) is 31.4 Å². The Kier molecular flexibility index (Phi) is 5.33. The fraction of sp³-hybridized carbons (Fsp3) is 0.600. The predicted molar refractivity (Wildman–Crippen MR) is 75.7 cm³/mol. The number of pyridine rings is 1. The summed E-state index contributed by atoms with van der Waals surface area (Å²) in [6, 6.07) is 6.23. The van der Waals surface area contributed by atoms with Crippen LogP contribution in [0.25, 0.3) is 0 Å². The van der Waals surface area contributed by atoms with Gasteiger partial charge in [0.15, 0.2) is 0 Å². The van der Waals surface area contributed by atoms with E-state index >= 15 is 0 Å². The van der Waals surface area contributed by atoms with E-state index < -0.39 is 0 Å². The third-order valence-electron chi connectivity index (χ3n) is 3.83. The number of carbonyl (C=O) groups excluding carboxylic acids is 1. The first-order valence-corrected chi connectivity index (χ1v) is 7.20. The van der Waals surface area contributed by atoms with Crippen LogP contribution in [0.5, 0.6) is 0 Å². The average Bonchev–Trinajstić information content (AvgIpc) is 2.93. The maximum absolute atomic E-state index is 11.9. The van der Waals surface area contributed by atoms with Crippen LogP contribution in [0.2, 0.25) is 0 Å². The van der Waals surface area contributed by atoms with E-state index in [2.05, 4.69) is 10.3 Å². The summed E-state index contributed by atoms with van der Waals surface area (Å²) in [7, 11) is 0. The number of nitrogens with two attached hydrogens (primary N) is 1. The molecule has 0 spiro atoms. The van der Waals surface area contributed by atoms with E-state index in [4.69, 9.17) is 5.73 Å². The van der Waals surface area contributed by atoms with Gasteiger partial charge in [-0.25, -0.2) is 0 Å². The van der Waals surface area contributed by atoms with Crippen LogP contribution in [0.1, 0.15) is 50.1 Å². The van der Waals surface area contributed by atoms with Gasteiger partial charge in [-0.3, -0.25) is 9.78 Å². The zero-order valence-electron chi connectivity index (χ0n) is 11.3. The van der Waals surface area contributed by atoms with Gasteiger partial charge in [-0.1, -0.05) is 18.9 Å². The van der Waals surface area contributed by atoms with Gasteiger partial charge in [0.2, 0.25) is 5.91 Å². The highest BCUT2D eigenvalue weighted by Crippen LogP contribution is 2.20. The third-order valence-corrected chi connectivity index (χ3v) is 3.83. The Morgan fingerprint density at radius 1 is 1.42 bits per heavy atom. The second-order valence-corrected chi connectivity index (χ2v) is 5.27. The van der Waals surface area contributed by atoms with Gasteiger partial charge in [-0.2, -0.15) is 0 Å². The molecule has 1 fully saturated rings. The molecule has 1 aromatic rings.